The van der Waals surface area contributed by atoms with E-state index in [0.29, 0.717) is 6.54 Å². The molecule has 0 bridgehead atoms. The molecule has 1 aliphatic carbocycles. The fourth-order valence-electron chi connectivity index (χ4n) is 2.94. The number of benzene rings is 2. The Hall–Kier alpha value is -2.49. The number of aryl methyl sites for hydroxylation is 1. The predicted octanol–water partition coefficient (Wildman–Crippen LogP) is 4.64. The molecule has 1 fully saturated rings. The van der Waals surface area contributed by atoms with Crippen molar-refractivity contribution in [1.82, 2.24) is 5.32 Å². The minimum absolute atomic E-state index is 0.111. The molecule has 0 radical (unpaired) electrons. The first-order chi connectivity index (χ1) is 12.0. The molecule has 0 heterocycles. The minimum atomic E-state index is -0.170. The van der Waals surface area contributed by atoms with Crippen molar-refractivity contribution in [2.24, 2.45) is 0 Å². The van der Waals surface area contributed by atoms with E-state index in [1.165, 1.54) is 11.1 Å². The molecule has 4 heteroatoms. The summed E-state index contributed by atoms with van der Waals surface area (Å²) in [5.41, 5.74) is 3.44. The van der Waals surface area contributed by atoms with Gasteiger partial charge in [-0.05, 0) is 63.4 Å². The van der Waals surface area contributed by atoms with Crippen molar-refractivity contribution >= 4 is 11.7 Å². The topological polar surface area (TPSA) is 50.4 Å². The normalized spacial score (nSPS) is 14.9. The SMILES string of the molecule is Cc1ccc(C2(CNC(=O)Nc3ccc(OC(C)C)cc3)CC2)cc1. The summed E-state index contributed by atoms with van der Waals surface area (Å²) in [6.45, 7) is 6.73. The second-order valence-corrected chi connectivity index (χ2v) is 7.15. The van der Waals surface area contributed by atoms with E-state index < -0.39 is 0 Å². The maximum Gasteiger partial charge on any atom is 0.319 e. The first kappa shape index (κ1) is 17.3. The molecule has 2 aromatic carbocycles. The van der Waals surface area contributed by atoms with Gasteiger partial charge in [0.15, 0.2) is 0 Å². The highest BCUT2D eigenvalue weighted by atomic mass is 16.5. The Morgan fingerprint density at radius 3 is 2.28 bits per heavy atom. The number of urea groups is 1. The Labute approximate surface area is 149 Å². The summed E-state index contributed by atoms with van der Waals surface area (Å²) in [5, 5.41) is 5.89. The number of carbonyl (C=O) groups excluding carboxylic acids is 1. The van der Waals surface area contributed by atoms with Crippen molar-refractivity contribution in [1.29, 1.82) is 0 Å². The third-order valence-corrected chi connectivity index (χ3v) is 4.59. The third kappa shape index (κ3) is 4.53. The van der Waals surface area contributed by atoms with Gasteiger partial charge in [0.05, 0.1) is 6.10 Å². The molecule has 0 atom stereocenters. The second-order valence-electron chi connectivity index (χ2n) is 7.15. The van der Waals surface area contributed by atoms with E-state index in [4.69, 9.17) is 4.74 Å². The summed E-state index contributed by atoms with van der Waals surface area (Å²) in [4.78, 5) is 12.2. The van der Waals surface area contributed by atoms with Crippen LogP contribution in [0.15, 0.2) is 48.5 Å². The quantitative estimate of drug-likeness (QED) is 0.806. The summed E-state index contributed by atoms with van der Waals surface area (Å²) in [6, 6.07) is 15.9. The van der Waals surface area contributed by atoms with Gasteiger partial charge in [-0.25, -0.2) is 4.79 Å². The number of anilines is 1. The molecule has 0 spiro atoms. The van der Waals surface area contributed by atoms with Crippen LogP contribution in [-0.2, 0) is 5.41 Å². The van der Waals surface area contributed by atoms with Gasteiger partial charge in [-0.1, -0.05) is 29.8 Å². The van der Waals surface area contributed by atoms with Gasteiger partial charge in [0, 0.05) is 17.6 Å². The van der Waals surface area contributed by atoms with Crippen LogP contribution in [0.1, 0.15) is 37.8 Å². The van der Waals surface area contributed by atoms with Crippen LogP contribution in [0.4, 0.5) is 10.5 Å². The lowest BCUT2D eigenvalue weighted by atomic mass is 9.95. The Morgan fingerprint density at radius 2 is 1.72 bits per heavy atom. The average molecular weight is 338 g/mol. The van der Waals surface area contributed by atoms with E-state index in [0.717, 1.165) is 24.3 Å². The molecule has 0 saturated heterocycles. The van der Waals surface area contributed by atoms with E-state index in [1.807, 2.05) is 38.1 Å². The highest BCUT2D eigenvalue weighted by molar-refractivity contribution is 5.89. The van der Waals surface area contributed by atoms with Crippen molar-refractivity contribution in [3.63, 3.8) is 0 Å². The zero-order chi connectivity index (χ0) is 17.9. The van der Waals surface area contributed by atoms with Crippen molar-refractivity contribution < 1.29 is 9.53 Å². The monoisotopic (exact) mass is 338 g/mol. The molecular formula is C21H26N2O2. The largest absolute Gasteiger partial charge is 0.491 e. The van der Waals surface area contributed by atoms with Crippen LogP contribution >= 0.6 is 0 Å². The smallest absolute Gasteiger partial charge is 0.319 e. The maximum atomic E-state index is 12.2. The molecule has 0 aliphatic heterocycles. The second kappa shape index (κ2) is 7.18. The number of hydrogen-bond acceptors (Lipinski definition) is 2. The highest BCUT2D eigenvalue weighted by Crippen LogP contribution is 2.47. The highest BCUT2D eigenvalue weighted by Gasteiger charge is 2.44. The van der Waals surface area contributed by atoms with Gasteiger partial charge in [0.1, 0.15) is 5.75 Å². The van der Waals surface area contributed by atoms with Crippen LogP contribution in [0, 0.1) is 6.92 Å². The number of carbonyl (C=O) groups is 1. The van der Waals surface area contributed by atoms with Gasteiger partial charge < -0.3 is 15.4 Å². The molecule has 25 heavy (non-hydrogen) atoms. The number of nitrogens with one attached hydrogen (secondary N) is 2. The Balaban J connectivity index is 1.52. The lowest BCUT2D eigenvalue weighted by Crippen LogP contribution is -2.35. The molecule has 1 saturated carbocycles. The molecule has 2 N–H and O–H groups in total. The maximum absolute atomic E-state index is 12.2. The van der Waals surface area contributed by atoms with Crippen molar-refractivity contribution in [3.05, 3.63) is 59.7 Å². The third-order valence-electron chi connectivity index (χ3n) is 4.59. The molecular weight excluding hydrogens is 312 g/mol. The van der Waals surface area contributed by atoms with Crippen molar-refractivity contribution in [2.45, 2.75) is 45.1 Å². The fraction of sp³-hybridized carbons (Fsp3) is 0.381. The molecule has 0 unspecified atom stereocenters. The minimum Gasteiger partial charge on any atom is -0.491 e. The van der Waals surface area contributed by atoms with Crippen LogP contribution in [0.5, 0.6) is 5.75 Å². The molecule has 0 aromatic heterocycles. The first-order valence-electron chi connectivity index (χ1n) is 8.86. The molecule has 1 aliphatic rings. The van der Waals surface area contributed by atoms with Crippen LogP contribution in [0.3, 0.4) is 0 Å². The standard InChI is InChI=1S/C21H26N2O2/c1-15(2)25-19-10-8-18(9-11-19)23-20(24)22-14-21(12-13-21)17-6-4-16(3)5-7-17/h4-11,15H,12-14H2,1-3H3,(H2,22,23,24). The summed E-state index contributed by atoms with van der Waals surface area (Å²) in [7, 11) is 0. The fourth-order valence-corrected chi connectivity index (χ4v) is 2.94. The molecule has 3 rings (SSSR count). The molecule has 4 nitrogen and oxygen atoms in total. The van der Waals surface area contributed by atoms with Crippen LogP contribution in [-0.4, -0.2) is 18.7 Å². The molecule has 2 aromatic rings. The van der Waals surface area contributed by atoms with E-state index >= 15 is 0 Å². The van der Waals surface area contributed by atoms with Gasteiger partial charge in [-0.15, -0.1) is 0 Å². The Bertz CT molecular complexity index is 717. The number of ether oxygens (including phenoxy) is 1. The van der Waals surface area contributed by atoms with Gasteiger partial charge in [0.25, 0.3) is 0 Å². The first-order valence-corrected chi connectivity index (χ1v) is 8.86. The van der Waals surface area contributed by atoms with Gasteiger partial charge >= 0.3 is 6.03 Å². The summed E-state index contributed by atoms with van der Waals surface area (Å²) >= 11 is 0. The van der Waals surface area contributed by atoms with E-state index in [1.54, 1.807) is 0 Å². The van der Waals surface area contributed by atoms with Crippen molar-refractivity contribution in [2.75, 3.05) is 11.9 Å². The summed E-state index contributed by atoms with van der Waals surface area (Å²) in [5.74, 6) is 0.803. The lowest BCUT2D eigenvalue weighted by Gasteiger charge is -2.17. The Morgan fingerprint density at radius 1 is 1.08 bits per heavy atom. The van der Waals surface area contributed by atoms with E-state index in [9.17, 15) is 4.79 Å². The van der Waals surface area contributed by atoms with Crippen molar-refractivity contribution in [3.8, 4) is 5.75 Å². The van der Waals surface area contributed by atoms with E-state index in [-0.39, 0.29) is 17.6 Å². The summed E-state index contributed by atoms with van der Waals surface area (Å²) in [6.07, 6.45) is 2.38. The van der Waals surface area contributed by atoms with Crippen LogP contribution < -0.4 is 15.4 Å². The number of hydrogen-bond donors (Lipinski definition) is 2. The molecule has 132 valence electrons. The van der Waals surface area contributed by atoms with Gasteiger partial charge in [-0.2, -0.15) is 0 Å². The number of rotatable bonds is 6. The zero-order valence-electron chi connectivity index (χ0n) is 15.1. The molecule has 2 amide bonds. The van der Waals surface area contributed by atoms with Crippen LogP contribution in [0.2, 0.25) is 0 Å². The predicted molar refractivity (Wildman–Crippen MR) is 101 cm³/mol. The average Bonchev–Trinajstić information content (AvgIpc) is 3.36. The van der Waals surface area contributed by atoms with Gasteiger partial charge in [0.2, 0.25) is 0 Å². The number of amides is 2. The van der Waals surface area contributed by atoms with E-state index in [2.05, 4.69) is 41.8 Å². The Kier molecular flexibility index (Phi) is 4.98. The lowest BCUT2D eigenvalue weighted by molar-refractivity contribution is 0.242. The summed E-state index contributed by atoms with van der Waals surface area (Å²) < 4.78 is 5.60. The zero-order valence-corrected chi connectivity index (χ0v) is 15.1. The van der Waals surface area contributed by atoms with Gasteiger partial charge in [-0.3, -0.25) is 0 Å². The van der Waals surface area contributed by atoms with Crippen LogP contribution in [0.25, 0.3) is 0 Å².